The van der Waals surface area contributed by atoms with E-state index in [0.29, 0.717) is 0 Å². The van der Waals surface area contributed by atoms with E-state index in [0.717, 1.165) is 11.3 Å². The molecule has 0 spiro atoms. The number of Topliss-reactive ketones (excluding diaryl/α,β-unsaturated/α-hetero) is 1. The van der Waals surface area contributed by atoms with Crippen LogP contribution in [0.15, 0.2) is 21.7 Å². The Kier molecular flexibility index (Phi) is 5.12. The summed E-state index contributed by atoms with van der Waals surface area (Å²) in [6.07, 6.45) is -0.851. The molecule has 2 atom stereocenters. The maximum Gasteiger partial charge on any atom is 0.207 e. The van der Waals surface area contributed by atoms with Gasteiger partial charge in [-0.3, -0.25) is 4.79 Å². The molecule has 96 valence electrons. The van der Waals surface area contributed by atoms with Gasteiger partial charge in [-0.2, -0.15) is 0 Å². The molecule has 0 aromatic carbocycles. The molecule has 0 bridgehead atoms. The van der Waals surface area contributed by atoms with Gasteiger partial charge in [-0.1, -0.05) is 6.07 Å². The number of halogens is 1. The van der Waals surface area contributed by atoms with Crippen LogP contribution in [0, 0.1) is 0 Å². The Labute approximate surface area is 109 Å². The number of hydrogen-bond donors (Lipinski definition) is 0. The van der Waals surface area contributed by atoms with Crippen LogP contribution in [0.4, 0.5) is 0 Å². The topological polar surface area (TPSA) is 60.4 Å². The molecule has 0 amide bonds. The van der Waals surface area contributed by atoms with Gasteiger partial charge in [0.25, 0.3) is 0 Å². The van der Waals surface area contributed by atoms with E-state index in [9.17, 15) is 13.2 Å². The van der Waals surface area contributed by atoms with Crippen molar-refractivity contribution in [2.75, 3.05) is 7.11 Å². The van der Waals surface area contributed by atoms with Crippen molar-refractivity contribution in [1.29, 1.82) is 0 Å². The van der Waals surface area contributed by atoms with Crippen LogP contribution in [0.2, 0.25) is 0 Å². The molecule has 1 aromatic rings. The molecule has 1 heterocycles. The lowest BCUT2D eigenvalue weighted by Crippen LogP contribution is -2.32. The molecular weight excluding hydrogens is 284 g/mol. The molecule has 17 heavy (non-hydrogen) atoms. The van der Waals surface area contributed by atoms with Gasteiger partial charge in [0, 0.05) is 13.5 Å². The first-order valence-electron chi connectivity index (χ1n) is 4.83. The van der Waals surface area contributed by atoms with E-state index in [1.54, 1.807) is 11.4 Å². The van der Waals surface area contributed by atoms with Gasteiger partial charge < -0.3 is 4.74 Å². The zero-order valence-electron chi connectivity index (χ0n) is 9.42. The number of hydrogen-bond acceptors (Lipinski definition) is 5. The molecular formula is C10H13ClO4S2. The highest BCUT2D eigenvalue weighted by atomic mass is 35.5. The van der Waals surface area contributed by atoms with Crippen molar-refractivity contribution < 1.29 is 17.9 Å². The molecule has 4 nitrogen and oxygen atoms in total. The molecule has 0 fully saturated rings. The average Bonchev–Trinajstić information content (AvgIpc) is 2.78. The van der Waals surface area contributed by atoms with Gasteiger partial charge in [-0.15, -0.1) is 22.9 Å². The number of ether oxygens (including phenoxy) is 1. The predicted molar refractivity (Wildman–Crippen MR) is 67.2 cm³/mol. The standard InChI is InChI=1S/C10H13ClO4S2/c1-7(12)6-8(15-2)10(11)17(13,14)9-4-3-5-16-9/h3-5,8,10H,6H2,1-2H3. The summed E-state index contributed by atoms with van der Waals surface area (Å²) in [5, 5.41) is 1.66. The van der Waals surface area contributed by atoms with Crippen molar-refractivity contribution in [3.8, 4) is 0 Å². The number of sulfone groups is 1. The van der Waals surface area contributed by atoms with E-state index >= 15 is 0 Å². The van der Waals surface area contributed by atoms with Crippen LogP contribution in [0.3, 0.4) is 0 Å². The van der Waals surface area contributed by atoms with Crippen LogP contribution in [-0.4, -0.2) is 32.1 Å². The molecule has 1 rings (SSSR count). The average molecular weight is 297 g/mol. The Hall–Kier alpha value is -0.430. The fourth-order valence-electron chi connectivity index (χ4n) is 1.30. The Morgan fingerprint density at radius 2 is 2.24 bits per heavy atom. The summed E-state index contributed by atoms with van der Waals surface area (Å²) in [7, 11) is -2.31. The summed E-state index contributed by atoms with van der Waals surface area (Å²) in [5.41, 5.74) is 0. The zero-order chi connectivity index (χ0) is 13.1. The maximum atomic E-state index is 12.1. The number of methoxy groups -OCH3 is 1. The zero-order valence-corrected chi connectivity index (χ0v) is 11.8. The Morgan fingerprint density at radius 3 is 2.65 bits per heavy atom. The van der Waals surface area contributed by atoms with Gasteiger partial charge in [-0.25, -0.2) is 8.42 Å². The Bertz CT molecular complexity index is 467. The molecule has 1 aromatic heterocycles. The van der Waals surface area contributed by atoms with Gasteiger partial charge in [0.05, 0.1) is 6.10 Å². The smallest absolute Gasteiger partial charge is 0.207 e. The lowest BCUT2D eigenvalue weighted by molar-refractivity contribution is -0.119. The van der Waals surface area contributed by atoms with Gasteiger partial charge >= 0.3 is 0 Å². The first kappa shape index (κ1) is 14.6. The molecule has 0 saturated carbocycles. The third-order valence-corrected chi connectivity index (χ3v) is 6.38. The van der Waals surface area contributed by atoms with E-state index in [1.807, 2.05) is 0 Å². The van der Waals surface area contributed by atoms with E-state index in [1.165, 1.54) is 20.1 Å². The number of ketones is 1. The summed E-state index contributed by atoms with van der Waals surface area (Å²) in [6.45, 7) is 1.37. The highest BCUT2D eigenvalue weighted by molar-refractivity contribution is 7.95. The van der Waals surface area contributed by atoms with Crippen LogP contribution >= 0.6 is 22.9 Å². The number of rotatable bonds is 6. The second-order valence-electron chi connectivity index (χ2n) is 3.51. The minimum Gasteiger partial charge on any atom is -0.378 e. The summed E-state index contributed by atoms with van der Waals surface area (Å²) >= 11 is 7.01. The third kappa shape index (κ3) is 3.51. The Morgan fingerprint density at radius 1 is 1.59 bits per heavy atom. The summed E-state index contributed by atoms with van der Waals surface area (Å²) in [6, 6.07) is 3.11. The van der Waals surface area contributed by atoms with Crippen LogP contribution in [-0.2, 0) is 19.4 Å². The van der Waals surface area contributed by atoms with E-state index in [-0.39, 0.29) is 16.4 Å². The van der Waals surface area contributed by atoms with Crippen molar-refractivity contribution in [2.45, 2.75) is 28.4 Å². The summed E-state index contributed by atoms with van der Waals surface area (Å²) < 4.78 is 28.0. The molecule has 0 radical (unpaired) electrons. The lowest BCUT2D eigenvalue weighted by Gasteiger charge is -2.19. The summed E-state index contributed by atoms with van der Waals surface area (Å²) in [5.74, 6) is -0.163. The summed E-state index contributed by atoms with van der Waals surface area (Å²) in [4.78, 5) is 11.0. The quantitative estimate of drug-likeness (QED) is 0.754. The Balaban J connectivity index is 2.95. The van der Waals surface area contributed by atoms with E-state index in [2.05, 4.69) is 0 Å². The van der Waals surface area contributed by atoms with Crippen molar-refractivity contribution in [1.82, 2.24) is 0 Å². The second-order valence-corrected chi connectivity index (χ2v) is 7.48. The third-order valence-electron chi connectivity index (χ3n) is 2.16. The van der Waals surface area contributed by atoms with E-state index in [4.69, 9.17) is 16.3 Å². The van der Waals surface area contributed by atoms with Crippen molar-refractivity contribution in [3.05, 3.63) is 17.5 Å². The van der Waals surface area contributed by atoms with Crippen LogP contribution in [0.1, 0.15) is 13.3 Å². The van der Waals surface area contributed by atoms with Crippen molar-refractivity contribution in [3.63, 3.8) is 0 Å². The molecule has 7 heteroatoms. The lowest BCUT2D eigenvalue weighted by atomic mass is 10.2. The van der Waals surface area contributed by atoms with Gasteiger partial charge in [0.1, 0.15) is 9.99 Å². The number of alkyl halides is 1. The maximum absolute atomic E-state index is 12.1. The minimum atomic E-state index is -3.65. The SMILES string of the molecule is COC(CC(C)=O)C(Cl)S(=O)(=O)c1cccs1. The van der Waals surface area contributed by atoms with Crippen LogP contribution < -0.4 is 0 Å². The van der Waals surface area contributed by atoms with Gasteiger partial charge in [0.2, 0.25) is 9.84 Å². The van der Waals surface area contributed by atoms with E-state index < -0.39 is 20.7 Å². The second kappa shape index (κ2) is 5.95. The highest BCUT2D eigenvalue weighted by Gasteiger charge is 2.34. The minimum absolute atomic E-state index is 0.0186. The first-order chi connectivity index (χ1) is 7.89. The monoisotopic (exact) mass is 296 g/mol. The number of carbonyl (C=O) groups excluding carboxylic acids is 1. The van der Waals surface area contributed by atoms with Crippen molar-refractivity contribution in [2.24, 2.45) is 0 Å². The fraction of sp³-hybridized carbons (Fsp3) is 0.500. The highest BCUT2D eigenvalue weighted by Crippen LogP contribution is 2.27. The molecule has 0 aliphatic rings. The molecule has 0 aliphatic heterocycles. The van der Waals surface area contributed by atoms with Gasteiger partial charge in [0.15, 0.2) is 4.71 Å². The van der Waals surface area contributed by atoms with Crippen molar-refractivity contribution >= 4 is 38.6 Å². The molecule has 0 aliphatic carbocycles. The molecule has 0 saturated heterocycles. The fourth-order valence-corrected chi connectivity index (χ4v) is 4.50. The normalized spacial score (nSPS) is 15.5. The largest absolute Gasteiger partial charge is 0.378 e. The number of thiophene rings is 1. The number of carbonyl (C=O) groups is 1. The molecule has 2 unspecified atom stereocenters. The van der Waals surface area contributed by atoms with Crippen LogP contribution in [0.25, 0.3) is 0 Å². The van der Waals surface area contributed by atoms with Crippen LogP contribution in [0.5, 0.6) is 0 Å². The first-order valence-corrected chi connectivity index (χ1v) is 7.69. The molecule has 0 N–H and O–H groups in total. The van der Waals surface area contributed by atoms with Gasteiger partial charge in [-0.05, 0) is 18.4 Å². The predicted octanol–water partition coefficient (Wildman–Crippen LogP) is 2.08.